The number of aromatic nitrogens is 2. The third kappa shape index (κ3) is 3.55. The number of nitrogens with zero attached hydrogens (tertiary/aromatic N) is 1. The molecule has 0 amide bonds. The Bertz CT molecular complexity index is 943. The summed E-state index contributed by atoms with van der Waals surface area (Å²) in [5.41, 5.74) is 1.64. The largest absolute Gasteiger partial charge is 0.481 e. The van der Waals surface area contributed by atoms with Gasteiger partial charge >= 0.3 is 5.97 Å². The van der Waals surface area contributed by atoms with Crippen LogP contribution >= 0.6 is 0 Å². The van der Waals surface area contributed by atoms with E-state index in [-0.39, 0.29) is 35.6 Å². The Labute approximate surface area is 147 Å². The highest BCUT2D eigenvalue weighted by Gasteiger charge is 2.26. The van der Waals surface area contributed by atoms with Crippen molar-refractivity contribution in [3.63, 3.8) is 0 Å². The smallest absolute Gasteiger partial charge is 0.309 e. The molecule has 0 saturated carbocycles. The number of carbonyl (C=O) groups is 2. The van der Waals surface area contributed by atoms with E-state index in [0.717, 1.165) is 0 Å². The summed E-state index contributed by atoms with van der Waals surface area (Å²) in [4.78, 5) is 26.5. The van der Waals surface area contributed by atoms with Crippen LogP contribution in [-0.2, 0) is 22.6 Å². The van der Waals surface area contributed by atoms with Gasteiger partial charge in [0.25, 0.3) is 0 Å². The summed E-state index contributed by atoms with van der Waals surface area (Å²) < 4.78 is 23.5. The molecule has 3 rings (SSSR count). The highest BCUT2D eigenvalue weighted by molar-refractivity contribution is 6.13. The zero-order valence-electron chi connectivity index (χ0n) is 13.8. The minimum absolute atomic E-state index is 0.0294. The number of H-pyrrole nitrogens is 1. The van der Waals surface area contributed by atoms with E-state index in [1.165, 1.54) is 43.6 Å². The molecule has 0 unspecified atom stereocenters. The number of hydrogen-bond acceptors (Lipinski definition) is 5. The quantitative estimate of drug-likeness (QED) is 0.629. The molecule has 0 radical (unpaired) electrons. The predicted molar refractivity (Wildman–Crippen MR) is 88.2 cm³/mol. The second-order valence-electron chi connectivity index (χ2n) is 5.58. The van der Waals surface area contributed by atoms with E-state index in [2.05, 4.69) is 10.1 Å². The van der Waals surface area contributed by atoms with Crippen LogP contribution in [0.3, 0.4) is 0 Å². The van der Waals surface area contributed by atoms with Gasteiger partial charge in [-0.15, -0.1) is 0 Å². The average molecular weight is 358 g/mol. The molecular weight excluding hydrogens is 343 g/mol. The second kappa shape index (κ2) is 7.32. The Hall–Kier alpha value is -3.26. The molecule has 0 aliphatic heterocycles. The third-order valence-corrected chi connectivity index (χ3v) is 3.73. The number of halogens is 1. The fourth-order valence-electron chi connectivity index (χ4n) is 2.57. The van der Waals surface area contributed by atoms with Crippen molar-refractivity contribution in [2.75, 3.05) is 7.11 Å². The molecule has 26 heavy (non-hydrogen) atoms. The van der Waals surface area contributed by atoms with Gasteiger partial charge in [-0.3, -0.25) is 9.59 Å². The number of ether oxygens (including phenoxy) is 1. The molecule has 8 heteroatoms. The van der Waals surface area contributed by atoms with Gasteiger partial charge in [0.1, 0.15) is 18.1 Å². The molecule has 2 N–H and O–H groups in total. The van der Waals surface area contributed by atoms with Crippen molar-refractivity contribution in [2.45, 2.75) is 13.0 Å². The number of rotatable bonds is 7. The predicted octanol–water partition coefficient (Wildman–Crippen LogP) is 2.81. The van der Waals surface area contributed by atoms with Crippen LogP contribution in [0, 0.1) is 5.82 Å². The number of carboxylic acid groups (broad SMARTS) is 1. The number of ketones is 1. The molecule has 0 saturated heterocycles. The molecule has 0 atom stereocenters. The van der Waals surface area contributed by atoms with Crippen LogP contribution in [-0.4, -0.2) is 34.1 Å². The van der Waals surface area contributed by atoms with Crippen LogP contribution in [0.1, 0.15) is 27.4 Å². The number of methoxy groups -OCH3 is 1. The first kappa shape index (κ1) is 17.6. The molecule has 1 aromatic carbocycles. The number of carbonyl (C=O) groups excluding carboxylic acids is 1. The van der Waals surface area contributed by atoms with Crippen molar-refractivity contribution < 1.29 is 28.3 Å². The van der Waals surface area contributed by atoms with Crippen molar-refractivity contribution in [3.05, 3.63) is 64.9 Å². The van der Waals surface area contributed by atoms with Crippen LogP contribution in [0.2, 0.25) is 0 Å². The number of nitrogens with one attached hydrogen (secondary N) is 1. The van der Waals surface area contributed by atoms with Crippen molar-refractivity contribution >= 4 is 11.8 Å². The fourth-order valence-corrected chi connectivity index (χ4v) is 2.57. The first-order valence-electron chi connectivity index (χ1n) is 7.66. The molecule has 0 aliphatic carbocycles. The highest BCUT2D eigenvalue weighted by atomic mass is 19.1. The molecule has 0 aliphatic rings. The minimum atomic E-state index is -1.01. The number of hydrogen-bond donors (Lipinski definition) is 2. The molecule has 2 aromatic heterocycles. The zero-order valence-corrected chi connectivity index (χ0v) is 13.8. The van der Waals surface area contributed by atoms with Gasteiger partial charge in [0, 0.05) is 30.1 Å². The Balaban J connectivity index is 2.02. The van der Waals surface area contributed by atoms with Crippen molar-refractivity contribution in [2.24, 2.45) is 0 Å². The number of aromatic amines is 1. The third-order valence-electron chi connectivity index (χ3n) is 3.73. The molecule has 7 nitrogen and oxygen atoms in total. The second-order valence-corrected chi connectivity index (χ2v) is 5.58. The van der Waals surface area contributed by atoms with E-state index in [4.69, 9.17) is 14.4 Å². The van der Waals surface area contributed by atoms with Gasteiger partial charge in [0.2, 0.25) is 0 Å². The fraction of sp³-hybridized carbons (Fsp3) is 0.167. The van der Waals surface area contributed by atoms with Gasteiger partial charge in [0.15, 0.2) is 11.5 Å². The van der Waals surface area contributed by atoms with E-state index < -0.39 is 17.6 Å². The molecular formula is C18H15FN2O5. The monoisotopic (exact) mass is 358 g/mol. The van der Waals surface area contributed by atoms with Crippen molar-refractivity contribution in [1.29, 1.82) is 0 Å². The first-order valence-corrected chi connectivity index (χ1v) is 7.66. The maximum absolute atomic E-state index is 13.2. The Morgan fingerprint density at radius 3 is 2.69 bits per heavy atom. The summed E-state index contributed by atoms with van der Waals surface area (Å²) in [5, 5.41) is 12.8. The maximum atomic E-state index is 13.2. The van der Waals surface area contributed by atoms with Gasteiger partial charge in [-0.05, 0) is 30.3 Å². The molecule has 3 aromatic rings. The first-order chi connectivity index (χ1) is 12.5. The molecule has 134 valence electrons. The van der Waals surface area contributed by atoms with Crippen molar-refractivity contribution in [3.8, 4) is 11.3 Å². The lowest BCUT2D eigenvalue weighted by Crippen LogP contribution is -2.05. The lowest BCUT2D eigenvalue weighted by Gasteiger charge is -2.02. The maximum Gasteiger partial charge on any atom is 0.309 e. The molecule has 2 heterocycles. The number of carboxylic acids is 1. The van der Waals surface area contributed by atoms with Crippen LogP contribution in [0.5, 0.6) is 0 Å². The summed E-state index contributed by atoms with van der Waals surface area (Å²) in [5.74, 6) is -1.59. The SMILES string of the molecule is COCc1onc(-c2ccc(F)cc2)c1C(=O)c1c[nH]c(CC(=O)O)c1. The summed E-state index contributed by atoms with van der Waals surface area (Å²) in [7, 11) is 1.45. The van der Waals surface area contributed by atoms with Gasteiger partial charge in [-0.1, -0.05) is 5.16 Å². The van der Waals surface area contributed by atoms with Gasteiger partial charge in [-0.2, -0.15) is 0 Å². The Morgan fingerprint density at radius 1 is 1.31 bits per heavy atom. The Kier molecular flexibility index (Phi) is 4.94. The summed E-state index contributed by atoms with van der Waals surface area (Å²) in [6.07, 6.45) is 1.20. The van der Waals surface area contributed by atoms with E-state index >= 15 is 0 Å². The lowest BCUT2D eigenvalue weighted by molar-refractivity contribution is -0.136. The normalized spacial score (nSPS) is 10.8. The topological polar surface area (TPSA) is 105 Å². The highest BCUT2D eigenvalue weighted by Crippen LogP contribution is 2.28. The Morgan fingerprint density at radius 2 is 2.04 bits per heavy atom. The van der Waals surface area contributed by atoms with Crippen LogP contribution in [0.4, 0.5) is 4.39 Å². The van der Waals surface area contributed by atoms with E-state index in [9.17, 15) is 14.0 Å². The number of aliphatic carboxylic acids is 1. The van der Waals surface area contributed by atoms with Crippen LogP contribution < -0.4 is 0 Å². The lowest BCUT2D eigenvalue weighted by atomic mass is 9.99. The molecule has 0 bridgehead atoms. The van der Waals surface area contributed by atoms with E-state index in [0.29, 0.717) is 11.3 Å². The summed E-state index contributed by atoms with van der Waals surface area (Å²) >= 11 is 0. The van der Waals surface area contributed by atoms with Crippen LogP contribution in [0.15, 0.2) is 41.1 Å². The van der Waals surface area contributed by atoms with E-state index in [1.54, 1.807) is 0 Å². The minimum Gasteiger partial charge on any atom is -0.481 e. The summed E-state index contributed by atoms with van der Waals surface area (Å²) in [6.45, 7) is 0.0294. The zero-order chi connectivity index (χ0) is 18.7. The average Bonchev–Trinajstić information content (AvgIpc) is 3.22. The van der Waals surface area contributed by atoms with Gasteiger partial charge < -0.3 is 19.4 Å². The number of benzene rings is 1. The van der Waals surface area contributed by atoms with Gasteiger partial charge in [0.05, 0.1) is 12.0 Å². The molecule has 0 fully saturated rings. The van der Waals surface area contributed by atoms with Gasteiger partial charge in [-0.25, -0.2) is 4.39 Å². The summed E-state index contributed by atoms with van der Waals surface area (Å²) in [6, 6.07) is 6.97. The van der Waals surface area contributed by atoms with Crippen LogP contribution in [0.25, 0.3) is 11.3 Å². The molecule has 0 spiro atoms. The standard InChI is InChI=1S/C18H15FN2O5/c1-25-9-14-16(17(21-26-14)10-2-4-12(19)5-3-10)18(24)11-6-13(20-8-11)7-15(22)23/h2-6,8,20H,7,9H2,1H3,(H,22,23). The van der Waals surface area contributed by atoms with Crippen molar-refractivity contribution in [1.82, 2.24) is 10.1 Å². The van der Waals surface area contributed by atoms with E-state index in [1.807, 2.05) is 0 Å².